The third-order valence-electron chi connectivity index (χ3n) is 4.24. The van der Waals surface area contributed by atoms with E-state index in [-0.39, 0.29) is 5.75 Å². The van der Waals surface area contributed by atoms with Crippen molar-refractivity contribution in [3.8, 4) is 11.8 Å². The van der Waals surface area contributed by atoms with Gasteiger partial charge in [0, 0.05) is 11.8 Å². The number of phenols is 1. The summed E-state index contributed by atoms with van der Waals surface area (Å²) in [5.74, 6) is 0.708. The maximum atomic E-state index is 10.8. The normalized spacial score (nSPS) is 11.9. The van der Waals surface area contributed by atoms with Gasteiger partial charge in [0.05, 0.1) is 26.8 Å². The van der Waals surface area contributed by atoms with Crippen LogP contribution in [0.4, 0.5) is 5.82 Å². The number of nitrogens with one attached hydrogen (secondary N) is 1. The van der Waals surface area contributed by atoms with Gasteiger partial charge in [0.1, 0.15) is 23.2 Å². The lowest BCUT2D eigenvalue weighted by Crippen LogP contribution is -2.14. The number of benzene rings is 2. The average Bonchev–Trinajstić information content (AvgIpc) is 3.18. The van der Waals surface area contributed by atoms with Crippen LogP contribution in [0.5, 0.6) is 5.75 Å². The lowest BCUT2D eigenvalue weighted by Gasteiger charge is -2.22. The summed E-state index contributed by atoms with van der Waals surface area (Å²) in [6, 6.07) is 16.1. The molecule has 4 aromatic rings. The zero-order valence-electron chi connectivity index (χ0n) is 13.9. The third kappa shape index (κ3) is 3.19. The van der Waals surface area contributed by atoms with E-state index in [2.05, 4.69) is 21.4 Å². The number of nitriles is 1. The van der Waals surface area contributed by atoms with Crippen LogP contribution in [0.2, 0.25) is 5.02 Å². The van der Waals surface area contributed by atoms with Gasteiger partial charge in [-0.05, 0) is 29.8 Å². The minimum Gasteiger partial charge on any atom is -0.505 e. The van der Waals surface area contributed by atoms with Gasteiger partial charge in [-0.3, -0.25) is 0 Å². The molecule has 132 valence electrons. The van der Waals surface area contributed by atoms with Crippen LogP contribution in [0.25, 0.3) is 10.2 Å². The summed E-state index contributed by atoms with van der Waals surface area (Å²) in [5.41, 5.74) is 3.88. The largest absolute Gasteiger partial charge is 0.505 e. The van der Waals surface area contributed by atoms with Crippen molar-refractivity contribution in [1.82, 2.24) is 9.97 Å². The van der Waals surface area contributed by atoms with Crippen molar-refractivity contribution < 1.29 is 5.11 Å². The Hall–Kier alpha value is -3.14. The number of pyridine rings is 1. The van der Waals surface area contributed by atoms with E-state index in [9.17, 15) is 10.4 Å². The predicted octanol–water partition coefficient (Wildman–Crippen LogP) is 5.12. The van der Waals surface area contributed by atoms with Gasteiger partial charge in [-0.15, -0.1) is 11.3 Å². The van der Waals surface area contributed by atoms with Crippen LogP contribution in [-0.4, -0.2) is 15.1 Å². The zero-order valence-corrected chi connectivity index (χ0v) is 15.5. The highest BCUT2D eigenvalue weighted by molar-refractivity contribution is 7.16. The molecule has 0 saturated carbocycles. The molecule has 0 aliphatic carbocycles. The Labute approximate surface area is 164 Å². The van der Waals surface area contributed by atoms with Crippen LogP contribution in [-0.2, 0) is 0 Å². The van der Waals surface area contributed by atoms with Gasteiger partial charge >= 0.3 is 0 Å². The quantitative estimate of drug-likeness (QED) is 0.503. The fourth-order valence-electron chi connectivity index (χ4n) is 2.94. The van der Waals surface area contributed by atoms with Gasteiger partial charge in [-0.1, -0.05) is 35.9 Å². The van der Waals surface area contributed by atoms with Crippen molar-refractivity contribution in [2.24, 2.45) is 0 Å². The fraction of sp³-hybridized carbons (Fsp3) is 0.0500. The molecule has 27 heavy (non-hydrogen) atoms. The highest BCUT2D eigenvalue weighted by Gasteiger charge is 2.23. The molecule has 2 aromatic carbocycles. The molecule has 7 heteroatoms. The number of hydrogen-bond acceptors (Lipinski definition) is 6. The predicted molar refractivity (Wildman–Crippen MR) is 107 cm³/mol. The molecule has 2 aromatic heterocycles. The van der Waals surface area contributed by atoms with Gasteiger partial charge in [-0.2, -0.15) is 5.26 Å². The van der Waals surface area contributed by atoms with Crippen molar-refractivity contribution in [1.29, 1.82) is 5.26 Å². The number of hydrogen-bond donors (Lipinski definition) is 2. The highest BCUT2D eigenvalue weighted by Crippen LogP contribution is 2.40. The van der Waals surface area contributed by atoms with Crippen molar-refractivity contribution in [2.45, 2.75) is 6.04 Å². The van der Waals surface area contributed by atoms with E-state index in [1.165, 1.54) is 11.3 Å². The summed E-state index contributed by atoms with van der Waals surface area (Å²) >= 11 is 7.95. The van der Waals surface area contributed by atoms with Gasteiger partial charge in [0.2, 0.25) is 0 Å². The fourth-order valence-corrected chi connectivity index (χ4v) is 3.90. The first-order chi connectivity index (χ1) is 13.2. The molecule has 0 spiro atoms. The van der Waals surface area contributed by atoms with E-state index in [1.807, 2.05) is 36.4 Å². The number of anilines is 1. The molecule has 0 radical (unpaired) electrons. The summed E-state index contributed by atoms with van der Waals surface area (Å²) < 4.78 is 0.893. The van der Waals surface area contributed by atoms with Crippen LogP contribution in [0.3, 0.4) is 0 Å². The van der Waals surface area contributed by atoms with Crippen LogP contribution in [0, 0.1) is 11.3 Å². The second-order valence-electron chi connectivity index (χ2n) is 5.82. The molecule has 0 fully saturated rings. The van der Waals surface area contributed by atoms with Gasteiger partial charge in [-0.25, -0.2) is 9.97 Å². The topological polar surface area (TPSA) is 81.8 Å². The van der Waals surface area contributed by atoms with E-state index in [0.717, 1.165) is 4.70 Å². The number of phenolic OH excluding ortho intramolecular Hbond substituents is 1. The summed E-state index contributed by atoms with van der Waals surface area (Å²) in [4.78, 5) is 8.57. The summed E-state index contributed by atoms with van der Waals surface area (Å²) in [6.07, 6.45) is 1.68. The van der Waals surface area contributed by atoms with E-state index >= 15 is 0 Å². The first-order valence-electron chi connectivity index (χ1n) is 8.10. The molecule has 0 saturated heterocycles. The number of aromatic hydroxyl groups is 1. The smallest absolute Gasteiger partial charge is 0.148 e. The van der Waals surface area contributed by atoms with E-state index < -0.39 is 6.04 Å². The zero-order chi connectivity index (χ0) is 18.8. The molecular formula is C20H13ClN4OS. The Kier molecular flexibility index (Phi) is 4.63. The minimum atomic E-state index is -0.508. The van der Waals surface area contributed by atoms with Crippen LogP contribution in [0.15, 0.2) is 60.2 Å². The van der Waals surface area contributed by atoms with Crippen molar-refractivity contribution in [3.05, 3.63) is 82.0 Å². The third-order valence-corrected chi connectivity index (χ3v) is 5.45. The van der Waals surface area contributed by atoms with Gasteiger partial charge in [0.25, 0.3) is 0 Å². The second-order valence-corrected chi connectivity index (χ2v) is 7.08. The lowest BCUT2D eigenvalue weighted by atomic mass is 9.95. The summed E-state index contributed by atoms with van der Waals surface area (Å²) in [5, 5.41) is 23.8. The Balaban J connectivity index is 1.90. The standard InChI is InChI=1S/C20H13ClN4OS/c21-17-12(10-22)4-3-5-13(17)18(25-16-6-1-2-9-23-16)14-7-8-15-19(20(14)26)24-11-27-15/h1-9,11,18,26H,(H,23,25). The molecular weight excluding hydrogens is 380 g/mol. The number of rotatable bonds is 4. The number of aromatic nitrogens is 2. The summed E-state index contributed by atoms with van der Waals surface area (Å²) in [6.45, 7) is 0. The monoisotopic (exact) mass is 392 g/mol. The SMILES string of the molecule is N#Cc1cccc(C(Nc2ccccn2)c2ccc3scnc3c2O)c1Cl. The first-order valence-corrected chi connectivity index (χ1v) is 9.36. The summed E-state index contributed by atoms with van der Waals surface area (Å²) in [7, 11) is 0. The molecule has 0 bridgehead atoms. The highest BCUT2D eigenvalue weighted by atomic mass is 35.5. The maximum absolute atomic E-state index is 10.8. The number of fused-ring (bicyclic) bond motifs is 1. The second kappa shape index (κ2) is 7.23. The van der Waals surface area contributed by atoms with Gasteiger partial charge < -0.3 is 10.4 Å². The number of thiazole rings is 1. The van der Waals surface area contributed by atoms with E-state index in [0.29, 0.717) is 33.0 Å². The number of halogens is 1. The molecule has 2 N–H and O–H groups in total. The van der Waals surface area contributed by atoms with Gasteiger partial charge in [0.15, 0.2) is 0 Å². The van der Waals surface area contributed by atoms with Crippen molar-refractivity contribution in [3.63, 3.8) is 0 Å². The molecule has 2 heterocycles. The Morgan fingerprint density at radius 3 is 2.74 bits per heavy atom. The minimum absolute atomic E-state index is 0.0839. The van der Waals surface area contributed by atoms with Crippen LogP contribution >= 0.6 is 22.9 Å². The van der Waals surface area contributed by atoms with E-state index in [1.54, 1.807) is 23.8 Å². The maximum Gasteiger partial charge on any atom is 0.148 e. The Morgan fingerprint density at radius 2 is 1.96 bits per heavy atom. The van der Waals surface area contributed by atoms with E-state index in [4.69, 9.17) is 11.6 Å². The molecule has 1 atom stereocenters. The lowest BCUT2D eigenvalue weighted by molar-refractivity contribution is 0.472. The first kappa shape index (κ1) is 17.3. The average molecular weight is 393 g/mol. The molecule has 1 unspecified atom stereocenters. The number of nitrogens with zero attached hydrogens (tertiary/aromatic N) is 3. The van der Waals surface area contributed by atoms with Crippen LogP contribution in [0.1, 0.15) is 22.7 Å². The molecule has 5 nitrogen and oxygen atoms in total. The molecule has 4 rings (SSSR count). The van der Waals surface area contributed by atoms with Crippen molar-refractivity contribution >= 4 is 39.0 Å². The molecule has 0 aliphatic rings. The molecule has 0 amide bonds. The Bertz CT molecular complexity index is 1150. The van der Waals surface area contributed by atoms with Crippen molar-refractivity contribution in [2.75, 3.05) is 5.32 Å². The van der Waals surface area contributed by atoms with Crippen LogP contribution < -0.4 is 5.32 Å². The Morgan fingerprint density at radius 1 is 1.07 bits per heavy atom. The molecule has 0 aliphatic heterocycles.